The fourth-order valence-corrected chi connectivity index (χ4v) is 2.64. The summed E-state index contributed by atoms with van der Waals surface area (Å²) in [5, 5.41) is 3.45. The number of nitrogens with one attached hydrogen (secondary N) is 1. The molecule has 1 aliphatic carbocycles. The van der Waals surface area contributed by atoms with Crippen molar-refractivity contribution in [3.8, 4) is 0 Å². The number of rotatable bonds is 10. The van der Waals surface area contributed by atoms with E-state index < -0.39 is 0 Å². The van der Waals surface area contributed by atoms with E-state index in [2.05, 4.69) is 54.9 Å². The van der Waals surface area contributed by atoms with Gasteiger partial charge in [-0.15, -0.1) is 0 Å². The molecule has 0 saturated heterocycles. The topological polar surface area (TPSA) is 40.1 Å². The number of hydrogen-bond donors (Lipinski definition) is 1. The van der Waals surface area contributed by atoms with Crippen molar-refractivity contribution < 1.29 is 4.74 Å². The van der Waals surface area contributed by atoms with E-state index >= 15 is 0 Å². The Morgan fingerprint density at radius 1 is 1.18 bits per heavy atom. The molecule has 1 fully saturated rings. The average molecular weight is 313 g/mol. The molecule has 0 bridgehead atoms. The van der Waals surface area contributed by atoms with E-state index in [1.54, 1.807) is 0 Å². The summed E-state index contributed by atoms with van der Waals surface area (Å²) < 4.78 is 5.70. The van der Waals surface area contributed by atoms with E-state index in [0.717, 1.165) is 44.7 Å². The lowest BCUT2D eigenvalue weighted by Crippen LogP contribution is -2.46. The zero-order valence-corrected chi connectivity index (χ0v) is 15.4. The minimum Gasteiger partial charge on any atom is -0.379 e. The molecule has 22 heavy (non-hydrogen) atoms. The lowest BCUT2D eigenvalue weighted by Gasteiger charge is -2.31. The molecule has 0 aromatic heterocycles. The van der Waals surface area contributed by atoms with Gasteiger partial charge in [-0.05, 0) is 46.5 Å². The normalized spacial score (nSPS) is 16.0. The van der Waals surface area contributed by atoms with Crippen LogP contribution in [0.3, 0.4) is 0 Å². The molecule has 0 aliphatic heterocycles. The lowest BCUT2D eigenvalue weighted by molar-refractivity contribution is 0.115. The molecule has 1 aliphatic rings. The first kappa shape index (κ1) is 19.2. The van der Waals surface area contributed by atoms with E-state index in [1.807, 2.05) is 7.05 Å². The van der Waals surface area contributed by atoms with Crippen molar-refractivity contribution in [2.24, 2.45) is 10.9 Å². The van der Waals surface area contributed by atoms with Gasteiger partial charge in [0.2, 0.25) is 0 Å². The lowest BCUT2D eigenvalue weighted by atomic mass is 10.2. The Bertz CT molecular complexity index is 319. The van der Waals surface area contributed by atoms with Crippen LogP contribution in [0.4, 0.5) is 0 Å². The zero-order chi connectivity index (χ0) is 16.5. The summed E-state index contributed by atoms with van der Waals surface area (Å²) in [6.07, 6.45) is 2.70. The van der Waals surface area contributed by atoms with Crippen LogP contribution in [0.15, 0.2) is 4.99 Å². The molecule has 0 aromatic rings. The Kier molecular flexibility index (Phi) is 8.79. The molecule has 0 radical (unpaired) electrons. The van der Waals surface area contributed by atoms with E-state index in [9.17, 15) is 0 Å². The maximum absolute atomic E-state index is 5.70. The van der Waals surface area contributed by atoms with Gasteiger partial charge < -0.3 is 15.0 Å². The maximum Gasteiger partial charge on any atom is 0.193 e. The number of ether oxygens (including phenoxy) is 1. The SMILES string of the molecule is CN=C(NCCN(C(C)C)C(C)C)N(C)CCOCC1CC1. The van der Waals surface area contributed by atoms with Crippen LogP contribution in [0.1, 0.15) is 40.5 Å². The summed E-state index contributed by atoms with van der Waals surface area (Å²) in [6.45, 7) is 13.5. The summed E-state index contributed by atoms with van der Waals surface area (Å²) in [7, 11) is 3.91. The Labute approximate surface area is 137 Å². The highest BCUT2D eigenvalue weighted by molar-refractivity contribution is 5.79. The Hall–Kier alpha value is -0.810. The summed E-state index contributed by atoms with van der Waals surface area (Å²) in [5.74, 6) is 1.78. The van der Waals surface area contributed by atoms with Gasteiger partial charge in [-0.2, -0.15) is 0 Å². The Morgan fingerprint density at radius 3 is 2.32 bits per heavy atom. The molecule has 0 unspecified atom stereocenters. The molecule has 0 atom stereocenters. The van der Waals surface area contributed by atoms with Gasteiger partial charge in [0.25, 0.3) is 0 Å². The third-order valence-corrected chi connectivity index (χ3v) is 4.17. The predicted molar refractivity (Wildman–Crippen MR) is 94.5 cm³/mol. The van der Waals surface area contributed by atoms with Gasteiger partial charge in [-0.1, -0.05) is 0 Å². The van der Waals surface area contributed by atoms with Gasteiger partial charge in [-0.3, -0.25) is 9.89 Å². The van der Waals surface area contributed by atoms with Gasteiger partial charge >= 0.3 is 0 Å². The van der Waals surface area contributed by atoms with Gasteiger partial charge in [0.15, 0.2) is 5.96 Å². The second-order valence-electron chi connectivity index (χ2n) is 6.84. The van der Waals surface area contributed by atoms with Crippen molar-refractivity contribution in [2.45, 2.75) is 52.6 Å². The number of guanidine groups is 1. The summed E-state index contributed by atoms with van der Waals surface area (Å²) in [6, 6.07) is 1.13. The highest BCUT2D eigenvalue weighted by atomic mass is 16.5. The molecule has 1 rings (SSSR count). The van der Waals surface area contributed by atoms with Gasteiger partial charge in [-0.25, -0.2) is 0 Å². The number of likely N-dealkylation sites (N-methyl/N-ethyl adjacent to an activating group) is 1. The first-order valence-electron chi connectivity index (χ1n) is 8.71. The van der Waals surface area contributed by atoms with Crippen LogP contribution in [0.25, 0.3) is 0 Å². The smallest absolute Gasteiger partial charge is 0.193 e. The van der Waals surface area contributed by atoms with Crippen molar-refractivity contribution in [3.63, 3.8) is 0 Å². The van der Waals surface area contributed by atoms with Gasteiger partial charge in [0.05, 0.1) is 6.61 Å². The number of aliphatic imine (C=N–C) groups is 1. The zero-order valence-electron chi connectivity index (χ0n) is 15.4. The highest BCUT2D eigenvalue weighted by Crippen LogP contribution is 2.28. The van der Waals surface area contributed by atoms with E-state index in [-0.39, 0.29) is 0 Å². The van der Waals surface area contributed by atoms with Crippen LogP contribution in [0.2, 0.25) is 0 Å². The van der Waals surface area contributed by atoms with Crippen LogP contribution in [0, 0.1) is 5.92 Å². The third kappa shape index (κ3) is 7.45. The molecule has 1 N–H and O–H groups in total. The van der Waals surface area contributed by atoms with Crippen LogP contribution < -0.4 is 5.32 Å². The van der Waals surface area contributed by atoms with Crippen molar-refractivity contribution in [2.75, 3.05) is 46.9 Å². The van der Waals surface area contributed by atoms with Crippen molar-refractivity contribution in [1.29, 1.82) is 0 Å². The molecule has 0 amide bonds. The maximum atomic E-state index is 5.70. The number of nitrogens with zero attached hydrogens (tertiary/aromatic N) is 3. The molecule has 0 spiro atoms. The molecule has 0 aromatic carbocycles. The first-order chi connectivity index (χ1) is 10.5. The second kappa shape index (κ2) is 10.1. The van der Waals surface area contributed by atoms with Crippen LogP contribution in [-0.2, 0) is 4.74 Å². The van der Waals surface area contributed by atoms with Gasteiger partial charge in [0.1, 0.15) is 0 Å². The number of hydrogen-bond acceptors (Lipinski definition) is 3. The molecule has 5 nitrogen and oxygen atoms in total. The van der Waals surface area contributed by atoms with Crippen LogP contribution >= 0.6 is 0 Å². The van der Waals surface area contributed by atoms with E-state index in [0.29, 0.717) is 12.1 Å². The first-order valence-corrected chi connectivity index (χ1v) is 8.71. The molecular formula is C17H36N4O. The molecule has 0 heterocycles. The molecular weight excluding hydrogens is 276 g/mol. The fourth-order valence-electron chi connectivity index (χ4n) is 2.64. The van der Waals surface area contributed by atoms with E-state index in [1.165, 1.54) is 12.8 Å². The van der Waals surface area contributed by atoms with Crippen molar-refractivity contribution in [1.82, 2.24) is 15.1 Å². The van der Waals surface area contributed by atoms with Crippen molar-refractivity contribution in [3.05, 3.63) is 0 Å². The summed E-state index contributed by atoms with van der Waals surface area (Å²) in [4.78, 5) is 8.98. The van der Waals surface area contributed by atoms with Crippen LogP contribution in [0.5, 0.6) is 0 Å². The van der Waals surface area contributed by atoms with Crippen molar-refractivity contribution >= 4 is 5.96 Å². The standard InChI is InChI=1S/C17H36N4O/c1-14(2)21(15(3)4)10-9-19-17(18-5)20(6)11-12-22-13-16-7-8-16/h14-16H,7-13H2,1-6H3,(H,18,19). The second-order valence-corrected chi connectivity index (χ2v) is 6.84. The fraction of sp³-hybridized carbons (Fsp3) is 0.941. The quantitative estimate of drug-likeness (QED) is 0.381. The Morgan fingerprint density at radius 2 is 1.82 bits per heavy atom. The summed E-state index contributed by atoms with van der Waals surface area (Å²) in [5.41, 5.74) is 0. The third-order valence-electron chi connectivity index (χ3n) is 4.17. The van der Waals surface area contributed by atoms with Gasteiger partial charge in [0, 0.05) is 52.4 Å². The molecule has 130 valence electrons. The minimum absolute atomic E-state index is 0.567. The highest BCUT2D eigenvalue weighted by Gasteiger charge is 2.21. The van der Waals surface area contributed by atoms with Crippen LogP contribution in [-0.4, -0.2) is 74.8 Å². The largest absolute Gasteiger partial charge is 0.379 e. The summed E-state index contributed by atoms with van der Waals surface area (Å²) >= 11 is 0. The monoisotopic (exact) mass is 312 g/mol. The average Bonchev–Trinajstić information content (AvgIpc) is 3.26. The minimum atomic E-state index is 0.567. The molecule has 5 heteroatoms. The predicted octanol–water partition coefficient (Wildman–Crippen LogP) is 2.04. The molecule has 1 saturated carbocycles. The Balaban J connectivity index is 2.21. The van der Waals surface area contributed by atoms with E-state index in [4.69, 9.17) is 4.74 Å².